The van der Waals surface area contributed by atoms with Crippen LogP contribution in [0.2, 0.25) is 0 Å². The van der Waals surface area contributed by atoms with E-state index < -0.39 is 17.9 Å². The van der Waals surface area contributed by atoms with Gasteiger partial charge >= 0.3 is 5.97 Å². The number of hydrogen-bond donors (Lipinski definition) is 2. The molecule has 1 rings (SSSR count). The average Bonchev–Trinajstić information content (AvgIpc) is 2.76. The third-order valence-corrected chi connectivity index (χ3v) is 2.23. The Labute approximate surface area is 93.4 Å². The molecule has 5 heteroatoms. The van der Waals surface area contributed by atoms with Gasteiger partial charge in [-0.15, -0.1) is 0 Å². The summed E-state index contributed by atoms with van der Waals surface area (Å²) in [6.45, 7) is 1.97. The van der Waals surface area contributed by atoms with Crippen LogP contribution in [0.25, 0.3) is 0 Å². The van der Waals surface area contributed by atoms with Gasteiger partial charge in [-0.05, 0) is 12.5 Å². The zero-order chi connectivity index (χ0) is 12.0. The normalized spacial score (nSPS) is 12.1. The van der Waals surface area contributed by atoms with E-state index in [2.05, 4.69) is 5.32 Å². The maximum absolute atomic E-state index is 11.5. The number of unbranched alkanes of at least 4 members (excludes halogenated alkanes) is 1. The van der Waals surface area contributed by atoms with Crippen LogP contribution in [0.3, 0.4) is 0 Å². The molecule has 0 saturated carbocycles. The minimum atomic E-state index is -1.01. The second-order valence-electron chi connectivity index (χ2n) is 3.52. The second-order valence-corrected chi connectivity index (χ2v) is 3.52. The molecule has 88 valence electrons. The molecule has 1 aromatic rings. The number of amides is 1. The van der Waals surface area contributed by atoms with Crippen molar-refractivity contribution in [2.45, 2.75) is 32.2 Å². The van der Waals surface area contributed by atoms with Crippen LogP contribution in [0.4, 0.5) is 0 Å². The zero-order valence-electron chi connectivity index (χ0n) is 9.10. The van der Waals surface area contributed by atoms with Gasteiger partial charge in [-0.2, -0.15) is 0 Å². The summed E-state index contributed by atoms with van der Waals surface area (Å²) in [7, 11) is 0. The van der Waals surface area contributed by atoms with Crippen LogP contribution in [0.15, 0.2) is 23.0 Å². The number of aliphatic carboxylic acids is 1. The highest BCUT2D eigenvalue weighted by Crippen LogP contribution is 2.04. The minimum absolute atomic E-state index is 0.336. The Hall–Kier alpha value is -1.78. The highest BCUT2D eigenvalue weighted by atomic mass is 16.4. The van der Waals surface area contributed by atoms with Gasteiger partial charge in [-0.1, -0.05) is 19.8 Å². The van der Waals surface area contributed by atoms with E-state index in [1.54, 1.807) is 0 Å². The topological polar surface area (TPSA) is 79.5 Å². The predicted octanol–water partition coefficient (Wildman–Crippen LogP) is 1.65. The molecule has 0 spiro atoms. The van der Waals surface area contributed by atoms with Gasteiger partial charge in [0.15, 0.2) is 0 Å². The molecule has 0 fully saturated rings. The maximum Gasteiger partial charge on any atom is 0.326 e. The first-order valence-electron chi connectivity index (χ1n) is 5.21. The number of nitrogens with one attached hydrogen (secondary N) is 1. The van der Waals surface area contributed by atoms with E-state index >= 15 is 0 Å². The van der Waals surface area contributed by atoms with E-state index in [-0.39, 0.29) is 0 Å². The van der Waals surface area contributed by atoms with Crippen molar-refractivity contribution in [3.05, 3.63) is 24.2 Å². The Balaban J connectivity index is 2.54. The molecule has 1 atom stereocenters. The van der Waals surface area contributed by atoms with Crippen LogP contribution in [-0.4, -0.2) is 23.0 Å². The van der Waals surface area contributed by atoms with E-state index in [4.69, 9.17) is 9.52 Å². The third-order valence-electron chi connectivity index (χ3n) is 2.23. The summed E-state index contributed by atoms with van der Waals surface area (Å²) in [5.74, 6) is -1.43. The van der Waals surface area contributed by atoms with Crippen LogP contribution in [0.5, 0.6) is 0 Å². The van der Waals surface area contributed by atoms with Crippen molar-refractivity contribution >= 4 is 11.9 Å². The maximum atomic E-state index is 11.5. The van der Waals surface area contributed by atoms with Crippen LogP contribution in [0.1, 0.15) is 36.5 Å². The van der Waals surface area contributed by atoms with E-state index in [9.17, 15) is 9.59 Å². The van der Waals surface area contributed by atoms with Crippen molar-refractivity contribution in [2.75, 3.05) is 0 Å². The summed E-state index contributed by atoms with van der Waals surface area (Å²) < 4.78 is 4.75. The lowest BCUT2D eigenvalue weighted by molar-refractivity contribution is -0.139. The molecule has 2 N–H and O–H groups in total. The molecule has 0 unspecified atom stereocenters. The Morgan fingerprint density at radius 1 is 1.56 bits per heavy atom. The molecule has 0 radical (unpaired) electrons. The molecule has 0 aliphatic carbocycles. The molecule has 1 heterocycles. The lowest BCUT2D eigenvalue weighted by Gasteiger charge is -2.12. The van der Waals surface area contributed by atoms with Gasteiger partial charge in [-0.25, -0.2) is 4.79 Å². The van der Waals surface area contributed by atoms with Crippen LogP contribution in [-0.2, 0) is 4.79 Å². The van der Waals surface area contributed by atoms with Gasteiger partial charge in [0, 0.05) is 0 Å². The first-order chi connectivity index (χ1) is 7.65. The van der Waals surface area contributed by atoms with Crippen molar-refractivity contribution < 1.29 is 19.1 Å². The molecule has 1 aromatic heterocycles. The average molecular weight is 225 g/mol. The fourth-order valence-corrected chi connectivity index (χ4v) is 1.30. The molecule has 0 bridgehead atoms. The van der Waals surface area contributed by atoms with Gasteiger partial charge in [0.05, 0.1) is 11.8 Å². The van der Waals surface area contributed by atoms with Gasteiger partial charge in [-0.3, -0.25) is 4.79 Å². The number of hydrogen-bond acceptors (Lipinski definition) is 3. The van der Waals surface area contributed by atoms with E-state index in [1.165, 1.54) is 18.6 Å². The van der Waals surface area contributed by atoms with Crippen molar-refractivity contribution in [2.24, 2.45) is 0 Å². The predicted molar refractivity (Wildman–Crippen MR) is 57.1 cm³/mol. The zero-order valence-corrected chi connectivity index (χ0v) is 9.10. The quantitative estimate of drug-likeness (QED) is 0.771. The highest BCUT2D eigenvalue weighted by molar-refractivity contribution is 5.96. The lowest BCUT2D eigenvalue weighted by Crippen LogP contribution is -2.40. The molecule has 0 aliphatic heterocycles. The molecule has 0 aliphatic rings. The summed E-state index contributed by atoms with van der Waals surface area (Å²) >= 11 is 0. The van der Waals surface area contributed by atoms with E-state index in [0.717, 1.165) is 12.8 Å². The number of carboxylic acid groups (broad SMARTS) is 1. The molecular weight excluding hydrogens is 210 g/mol. The van der Waals surface area contributed by atoms with Crippen molar-refractivity contribution in [3.63, 3.8) is 0 Å². The van der Waals surface area contributed by atoms with Crippen molar-refractivity contribution in [1.82, 2.24) is 5.32 Å². The summed E-state index contributed by atoms with van der Waals surface area (Å²) in [5.41, 5.74) is 0.336. The Morgan fingerprint density at radius 2 is 2.31 bits per heavy atom. The lowest BCUT2D eigenvalue weighted by atomic mass is 10.1. The number of carbonyl (C=O) groups excluding carboxylic acids is 1. The van der Waals surface area contributed by atoms with Crippen LogP contribution >= 0.6 is 0 Å². The minimum Gasteiger partial charge on any atom is -0.480 e. The largest absolute Gasteiger partial charge is 0.480 e. The number of rotatable bonds is 6. The van der Waals surface area contributed by atoms with E-state index in [0.29, 0.717) is 12.0 Å². The number of carboxylic acids is 1. The molecule has 5 nitrogen and oxygen atoms in total. The fourth-order valence-electron chi connectivity index (χ4n) is 1.30. The molecular formula is C11H15NO4. The van der Waals surface area contributed by atoms with Crippen LogP contribution < -0.4 is 5.32 Å². The smallest absolute Gasteiger partial charge is 0.326 e. The van der Waals surface area contributed by atoms with Gasteiger partial charge in [0.2, 0.25) is 0 Å². The van der Waals surface area contributed by atoms with Crippen molar-refractivity contribution in [3.8, 4) is 0 Å². The molecule has 1 amide bonds. The van der Waals surface area contributed by atoms with E-state index in [1.807, 2.05) is 6.92 Å². The van der Waals surface area contributed by atoms with Crippen molar-refractivity contribution in [1.29, 1.82) is 0 Å². The van der Waals surface area contributed by atoms with Crippen LogP contribution in [0, 0.1) is 0 Å². The highest BCUT2D eigenvalue weighted by Gasteiger charge is 2.20. The molecule has 0 aromatic carbocycles. The standard InChI is InChI=1S/C11H15NO4/c1-2-3-4-9(11(14)15)12-10(13)8-5-6-16-7-8/h5-7,9H,2-4H2,1H3,(H,12,13)(H,14,15)/t9-/m0/s1. The first kappa shape index (κ1) is 12.3. The first-order valence-corrected chi connectivity index (χ1v) is 5.21. The van der Waals surface area contributed by atoms with Gasteiger partial charge in [0.25, 0.3) is 5.91 Å². The SMILES string of the molecule is CCCC[C@H](NC(=O)c1ccoc1)C(=O)O. The summed E-state index contributed by atoms with van der Waals surface area (Å²) in [5, 5.41) is 11.4. The summed E-state index contributed by atoms with van der Waals surface area (Å²) in [6, 6.07) is 0.663. The Morgan fingerprint density at radius 3 is 2.81 bits per heavy atom. The summed E-state index contributed by atoms with van der Waals surface area (Å²) in [6.07, 6.45) is 4.76. The summed E-state index contributed by atoms with van der Waals surface area (Å²) in [4.78, 5) is 22.4. The molecule has 16 heavy (non-hydrogen) atoms. The number of carbonyl (C=O) groups is 2. The Kier molecular flexibility index (Phi) is 4.57. The Bertz CT molecular complexity index is 345. The fraction of sp³-hybridized carbons (Fsp3) is 0.455. The number of furan rings is 1. The van der Waals surface area contributed by atoms with Gasteiger partial charge < -0.3 is 14.8 Å². The monoisotopic (exact) mass is 225 g/mol. The second kappa shape index (κ2) is 5.95. The third kappa shape index (κ3) is 3.42. The molecule has 0 saturated heterocycles. The van der Waals surface area contributed by atoms with Gasteiger partial charge in [0.1, 0.15) is 12.3 Å².